The first-order chi connectivity index (χ1) is 10.1. The van der Waals surface area contributed by atoms with Gasteiger partial charge in [-0.25, -0.2) is 0 Å². The number of hydrazone groups is 1. The molecule has 0 unspecified atom stereocenters. The lowest BCUT2D eigenvalue weighted by atomic mass is 10.1. The molecule has 0 spiro atoms. The summed E-state index contributed by atoms with van der Waals surface area (Å²) in [7, 11) is 0. The molecule has 0 aromatic heterocycles. The van der Waals surface area contributed by atoms with Gasteiger partial charge in [0.15, 0.2) is 0 Å². The second-order valence-electron chi connectivity index (χ2n) is 4.39. The molecule has 1 aliphatic rings. The Labute approximate surface area is 130 Å². The molecule has 104 valence electrons. The van der Waals surface area contributed by atoms with Crippen molar-refractivity contribution in [3.63, 3.8) is 0 Å². The molecule has 0 radical (unpaired) electrons. The van der Waals surface area contributed by atoms with Gasteiger partial charge in [-0.15, -0.1) is 0 Å². The number of benzene rings is 2. The average Bonchev–Trinajstić information content (AvgIpc) is 2.73. The SMILES string of the molecule is O=C1c2ccccc2C(=O)N1N=Cc1ccc(Cl)c(Cl)c1. The molecular formula is C15H8Cl2N2O2. The van der Waals surface area contributed by atoms with E-state index >= 15 is 0 Å². The number of halogens is 2. The third kappa shape index (κ3) is 2.44. The first kappa shape index (κ1) is 13.8. The standard InChI is InChI=1S/C15H8Cl2N2O2/c16-12-6-5-9(7-13(12)17)8-18-19-14(20)10-3-1-2-4-11(10)15(19)21/h1-8H. The zero-order valence-corrected chi connectivity index (χ0v) is 12.1. The van der Waals surface area contributed by atoms with Crippen LogP contribution in [0.5, 0.6) is 0 Å². The second kappa shape index (κ2) is 5.31. The van der Waals surface area contributed by atoms with Crippen LogP contribution < -0.4 is 0 Å². The predicted molar refractivity (Wildman–Crippen MR) is 81.0 cm³/mol. The minimum Gasteiger partial charge on any atom is -0.267 e. The van der Waals surface area contributed by atoms with Gasteiger partial charge >= 0.3 is 0 Å². The van der Waals surface area contributed by atoms with Crippen LogP contribution in [0.2, 0.25) is 10.0 Å². The molecular weight excluding hydrogens is 311 g/mol. The van der Waals surface area contributed by atoms with Crippen molar-refractivity contribution in [1.82, 2.24) is 5.01 Å². The molecule has 0 bridgehead atoms. The summed E-state index contributed by atoms with van der Waals surface area (Å²) in [5.41, 5.74) is 1.35. The Hall–Kier alpha value is -2.17. The van der Waals surface area contributed by atoms with Gasteiger partial charge in [-0.3, -0.25) is 9.59 Å². The molecule has 2 aromatic carbocycles. The average molecular weight is 319 g/mol. The summed E-state index contributed by atoms with van der Waals surface area (Å²) in [5, 5.41) is 5.59. The Morgan fingerprint density at radius 1 is 0.905 bits per heavy atom. The molecule has 1 aliphatic heterocycles. The predicted octanol–water partition coefficient (Wildman–Crippen LogP) is 3.62. The number of amides is 2. The summed E-state index contributed by atoms with van der Waals surface area (Å²) >= 11 is 11.7. The van der Waals surface area contributed by atoms with E-state index in [4.69, 9.17) is 23.2 Å². The molecule has 0 fully saturated rings. The van der Waals surface area contributed by atoms with Crippen molar-refractivity contribution in [1.29, 1.82) is 0 Å². The highest BCUT2D eigenvalue weighted by atomic mass is 35.5. The Morgan fingerprint density at radius 2 is 1.52 bits per heavy atom. The third-order valence-corrected chi connectivity index (χ3v) is 3.78. The summed E-state index contributed by atoms with van der Waals surface area (Å²) in [5.74, 6) is -0.876. The fourth-order valence-corrected chi connectivity index (χ4v) is 2.31. The lowest BCUT2D eigenvalue weighted by molar-refractivity contribution is 0.0660. The Balaban J connectivity index is 1.89. The van der Waals surface area contributed by atoms with Gasteiger partial charge in [0.1, 0.15) is 0 Å². The largest absolute Gasteiger partial charge is 0.282 e. The lowest BCUT2D eigenvalue weighted by Crippen LogP contribution is -2.23. The highest BCUT2D eigenvalue weighted by molar-refractivity contribution is 6.42. The van der Waals surface area contributed by atoms with Crippen LogP contribution in [0.4, 0.5) is 0 Å². The van der Waals surface area contributed by atoms with E-state index in [1.54, 1.807) is 42.5 Å². The molecule has 1 heterocycles. The highest BCUT2D eigenvalue weighted by Gasteiger charge is 2.35. The second-order valence-corrected chi connectivity index (χ2v) is 5.20. The number of fused-ring (bicyclic) bond motifs is 1. The van der Waals surface area contributed by atoms with Crippen LogP contribution in [0.25, 0.3) is 0 Å². The van der Waals surface area contributed by atoms with Gasteiger partial charge in [0.25, 0.3) is 11.8 Å². The Morgan fingerprint density at radius 3 is 2.10 bits per heavy atom. The van der Waals surface area contributed by atoms with Gasteiger partial charge in [0.05, 0.1) is 27.4 Å². The number of rotatable bonds is 2. The van der Waals surface area contributed by atoms with Crippen molar-refractivity contribution in [3.05, 3.63) is 69.2 Å². The topological polar surface area (TPSA) is 49.7 Å². The summed E-state index contributed by atoms with van der Waals surface area (Å²) in [4.78, 5) is 24.2. The summed E-state index contributed by atoms with van der Waals surface area (Å²) in [6.07, 6.45) is 1.39. The van der Waals surface area contributed by atoms with Crippen LogP contribution >= 0.6 is 23.2 Å². The van der Waals surface area contributed by atoms with Gasteiger partial charge in [-0.1, -0.05) is 41.4 Å². The van der Waals surface area contributed by atoms with E-state index in [-0.39, 0.29) is 0 Å². The first-order valence-corrected chi connectivity index (χ1v) is 6.80. The molecule has 4 nitrogen and oxygen atoms in total. The summed E-state index contributed by atoms with van der Waals surface area (Å²) < 4.78 is 0. The van der Waals surface area contributed by atoms with Crippen LogP contribution in [0.3, 0.4) is 0 Å². The molecule has 3 rings (SSSR count). The maximum absolute atomic E-state index is 12.1. The molecule has 0 atom stereocenters. The van der Waals surface area contributed by atoms with Crippen LogP contribution in [0, 0.1) is 0 Å². The number of imide groups is 1. The minimum atomic E-state index is -0.438. The monoisotopic (exact) mass is 318 g/mol. The van der Waals surface area contributed by atoms with E-state index in [0.29, 0.717) is 26.7 Å². The molecule has 2 amide bonds. The van der Waals surface area contributed by atoms with E-state index in [9.17, 15) is 9.59 Å². The zero-order valence-electron chi connectivity index (χ0n) is 10.6. The molecule has 0 saturated carbocycles. The minimum absolute atomic E-state index is 0.355. The fraction of sp³-hybridized carbons (Fsp3) is 0. The quantitative estimate of drug-likeness (QED) is 0.627. The van der Waals surface area contributed by atoms with Crippen LogP contribution in [0.1, 0.15) is 26.3 Å². The van der Waals surface area contributed by atoms with Crippen molar-refractivity contribution < 1.29 is 9.59 Å². The van der Waals surface area contributed by atoms with E-state index in [2.05, 4.69) is 5.10 Å². The number of carbonyl (C=O) groups excluding carboxylic acids is 2. The van der Waals surface area contributed by atoms with Crippen LogP contribution in [0.15, 0.2) is 47.6 Å². The molecule has 0 aliphatic carbocycles. The van der Waals surface area contributed by atoms with Crippen molar-refractivity contribution in [3.8, 4) is 0 Å². The molecule has 2 aromatic rings. The van der Waals surface area contributed by atoms with Crippen LogP contribution in [-0.2, 0) is 0 Å². The van der Waals surface area contributed by atoms with Crippen molar-refractivity contribution >= 4 is 41.2 Å². The van der Waals surface area contributed by atoms with Crippen molar-refractivity contribution in [2.24, 2.45) is 5.10 Å². The lowest BCUT2D eigenvalue weighted by Gasteiger charge is -2.05. The Kier molecular flexibility index (Phi) is 3.49. The van der Waals surface area contributed by atoms with Gasteiger partial charge < -0.3 is 0 Å². The normalized spacial score (nSPS) is 14.1. The first-order valence-electron chi connectivity index (χ1n) is 6.05. The van der Waals surface area contributed by atoms with Crippen molar-refractivity contribution in [2.75, 3.05) is 0 Å². The van der Waals surface area contributed by atoms with Crippen molar-refractivity contribution in [2.45, 2.75) is 0 Å². The number of hydrogen-bond acceptors (Lipinski definition) is 3. The fourth-order valence-electron chi connectivity index (χ4n) is 2.00. The number of carbonyl (C=O) groups is 2. The van der Waals surface area contributed by atoms with Gasteiger partial charge in [-0.05, 0) is 29.8 Å². The van der Waals surface area contributed by atoms with E-state index < -0.39 is 11.8 Å². The molecule has 6 heteroatoms. The maximum atomic E-state index is 12.1. The van der Waals surface area contributed by atoms with Gasteiger partial charge in [0.2, 0.25) is 0 Å². The molecule has 0 N–H and O–H groups in total. The Bertz CT molecular complexity index is 752. The summed E-state index contributed by atoms with van der Waals surface area (Å²) in [6.45, 7) is 0. The maximum Gasteiger partial charge on any atom is 0.282 e. The van der Waals surface area contributed by atoms with Gasteiger partial charge in [0, 0.05) is 0 Å². The number of hydrogen-bond donors (Lipinski definition) is 0. The molecule has 0 saturated heterocycles. The third-order valence-electron chi connectivity index (χ3n) is 3.04. The van der Waals surface area contributed by atoms with Gasteiger partial charge in [-0.2, -0.15) is 10.1 Å². The molecule has 21 heavy (non-hydrogen) atoms. The smallest absolute Gasteiger partial charge is 0.267 e. The highest BCUT2D eigenvalue weighted by Crippen LogP contribution is 2.24. The number of nitrogens with zero attached hydrogens (tertiary/aromatic N) is 2. The van der Waals surface area contributed by atoms with E-state index in [1.165, 1.54) is 6.21 Å². The summed E-state index contributed by atoms with van der Waals surface area (Å²) in [6, 6.07) is 11.5. The van der Waals surface area contributed by atoms with E-state index in [1.807, 2.05) is 0 Å². The zero-order chi connectivity index (χ0) is 15.0. The van der Waals surface area contributed by atoms with E-state index in [0.717, 1.165) is 5.01 Å². The van der Waals surface area contributed by atoms with Crippen LogP contribution in [-0.4, -0.2) is 23.0 Å².